The van der Waals surface area contributed by atoms with Crippen LogP contribution in [0.1, 0.15) is 22.8 Å². The molecule has 3 aromatic heterocycles. The van der Waals surface area contributed by atoms with Crippen LogP contribution in [0.2, 0.25) is 0 Å². The maximum absolute atomic E-state index is 5.32. The Bertz CT molecular complexity index is 2450. The average molecular weight is 836 g/mol. The predicted molar refractivity (Wildman–Crippen MR) is 214 cm³/mol. The number of benzene rings is 4. The Balaban J connectivity index is 0.00000374. The molecule has 0 aliphatic carbocycles. The summed E-state index contributed by atoms with van der Waals surface area (Å²) < 4.78 is 2.02. The van der Waals surface area contributed by atoms with E-state index in [9.17, 15) is 0 Å². The van der Waals surface area contributed by atoms with Gasteiger partial charge in [0.1, 0.15) is 0 Å². The number of hydrogen-bond donors (Lipinski definition) is 0. The minimum atomic E-state index is 0. The second-order valence-electron chi connectivity index (χ2n) is 12.1. The molecule has 0 fully saturated rings. The monoisotopic (exact) mass is 832 g/mol. The molecule has 238 valence electrons. The standard InChI is InChI=1S/C44H26Br2N4.Zn/c45-31-15-11-29(12-16-31)43-37-23-19-33(47-37)41(27-7-3-1-4-8-27)34-20-24-38(48-34)44(30-13-17-32(46)18-14-30)40-26-22-36(50-40)42(28-9-5-2-6-10-28)35-21-25-39(43)49-35;/h1-26H;/q-2;+2. The van der Waals surface area contributed by atoms with E-state index in [1.54, 1.807) is 0 Å². The summed E-state index contributed by atoms with van der Waals surface area (Å²) in [6, 6.07) is 45.8. The van der Waals surface area contributed by atoms with Crippen LogP contribution in [0.25, 0.3) is 90.9 Å². The summed E-state index contributed by atoms with van der Waals surface area (Å²) in [6.07, 6.45) is 8.38. The van der Waals surface area contributed by atoms with E-state index in [2.05, 4.69) is 177 Å². The molecular weight excluding hydrogens is 810 g/mol. The first-order valence-electron chi connectivity index (χ1n) is 16.3. The van der Waals surface area contributed by atoms with Crippen LogP contribution in [-0.4, -0.2) is 9.97 Å². The van der Waals surface area contributed by atoms with Gasteiger partial charge in [-0.25, -0.2) is 9.97 Å². The zero-order valence-corrected chi connectivity index (χ0v) is 33.4. The van der Waals surface area contributed by atoms with Crippen molar-refractivity contribution in [2.75, 3.05) is 0 Å². The van der Waals surface area contributed by atoms with Crippen molar-refractivity contribution in [3.63, 3.8) is 0 Å². The minimum Gasteiger partial charge on any atom is -0.657 e. The summed E-state index contributed by atoms with van der Waals surface area (Å²) >= 11 is 7.23. The second-order valence-corrected chi connectivity index (χ2v) is 13.9. The molecule has 4 nitrogen and oxygen atoms in total. The van der Waals surface area contributed by atoms with Crippen molar-refractivity contribution in [3.8, 4) is 44.5 Å². The first-order valence-corrected chi connectivity index (χ1v) is 17.9. The molecule has 2 aliphatic rings. The Kier molecular flexibility index (Phi) is 9.12. The van der Waals surface area contributed by atoms with Gasteiger partial charge in [0.15, 0.2) is 0 Å². The van der Waals surface area contributed by atoms with Crippen LogP contribution in [0.5, 0.6) is 0 Å². The van der Waals surface area contributed by atoms with Crippen LogP contribution in [0.15, 0.2) is 142 Å². The Labute approximate surface area is 325 Å². The molecule has 0 saturated carbocycles. The smallest absolute Gasteiger partial charge is 0.657 e. The van der Waals surface area contributed by atoms with Gasteiger partial charge in [-0.2, -0.15) is 0 Å². The average Bonchev–Trinajstić information content (AvgIpc) is 3.98. The number of hydrogen-bond acceptors (Lipinski definition) is 2. The number of aromatic nitrogens is 4. The third-order valence-corrected chi connectivity index (χ3v) is 10.1. The number of fused-ring (bicyclic) bond motifs is 8. The van der Waals surface area contributed by atoms with Gasteiger partial charge in [-0.05, 0) is 93.1 Å². The minimum absolute atomic E-state index is 0. The Morgan fingerprint density at radius 2 is 0.608 bits per heavy atom. The van der Waals surface area contributed by atoms with E-state index >= 15 is 0 Å². The number of nitrogens with zero attached hydrogens (tertiary/aromatic N) is 4. The van der Waals surface area contributed by atoms with Gasteiger partial charge in [-0.3, -0.25) is 0 Å². The zero-order chi connectivity index (χ0) is 33.6. The van der Waals surface area contributed by atoms with Gasteiger partial charge < -0.3 is 9.97 Å². The Hall–Kier alpha value is -4.94. The molecule has 5 heterocycles. The van der Waals surface area contributed by atoms with E-state index in [4.69, 9.17) is 19.9 Å². The van der Waals surface area contributed by atoms with Crippen LogP contribution >= 0.6 is 31.9 Å². The Morgan fingerprint density at radius 1 is 0.333 bits per heavy atom. The molecule has 0 unspecified atom stereocenters. The fraction of sp³-hybridized carbons (Fsp3) is 0. The van der Waals surface area contributed by atoms with Crippen molar-refractivity contribution in [2.24, 2.45) is 0 Å². The van der Waals surface area contributed by atoms with Crippen LogP contribution < -0.4 is 9.97 Å². The molecule has 7 heteroatoms. The third kappa shape index (κ3) is 6.31. The van der Waals surface area contributed by atoms with Gasteiger partial charge in [-0.15, -0.1) is 22.1 Å². The predicted octanol–water partition coefficient (Wildman–Crippen LogP) is 12.1. The molecule has 8 bridgehead atoms. The van der Waals surface area contributed by atoms with Crippen molar-refractivity contribution < 1.29 is 19.5 Å². The van der Waals surface area contributed by atoms with Gasteiger partial charge in [0.2, 0.25) is 0 Å². The normalized spacial score (nSPS) is 11.8. The quantitative estimate of drug-likeness (QED) is 0.166. The van der Waals surface area contributed by atoms with Crippen LogP contribution in [0.3, 0.4) is 0 Å². The first-order chi connectivity index (χ1) is 24.6. The van der Waals surface area contributed by atoms with Gasteiger partial charge in [-0.1, -0.05) is 141 Å². The van der Waals surface area contributed by atoms with Crippen molar-refractivity contribution in [1.29, 1.82) is 0 Å². The fourth-order valence-electron chi connectivity index (χ4n) is 6.71. The summed E-state index contributed by atoms with van der Waals surface area (Å²) in [7, 11) is 0. The second kappa shape index (κ2) is 14.0. The fourth-order valence-corrected chi connectivity index (χ4v) is 7.24. The van der Waals surface area contributed by atoms with Crippen molar-refractivity contribution in [1.82, 2.24) is 19.9 Å². The maximum atomic E-state index is 5.32. The molecule has 0 saturated heterocycles. The SMILES string of the molecule is Brc1ccc(-c2c3nc(c(-c4ccccc4)c4ccc([n-]4)c(-c4ccc(Br)cc4)c4nc(c(-c5ccccc5)c5ccc2[n-]5)C=C4)C=C3)cc1.[Zn+2]. The third-order valence-electron chi connectivity index (χ3n) is 9.00. The summed E-state index contributed by atoms with van der Waals surface area (Å²) in [6.45, 7) is 0. The molecular formula is C44H26Br2N4Zn. The van der Waals surface area contributed by atoms with E-state index < -0.39 is 0 Å². The molecule has 0 spiro atoms. The van der Waals surface area contributed by atoms with Gasteiger partial charge in [0.05, 0.1) is 22.8 Å². The molecule has 51 heavy (non-hydrogen) atoms. The molecule has 0 N–H and O–H groups in total. The Morgan fingerprint density at radius 3 is 0.902 bits per heavy atom. The molecule has 0 atom stereocenters. The zero-order valence-electron chi connectivity index (χ0n) is 27.3. The van der Waals surface area contributed by atoms with E-state index in [0.717, 1.165) is 98.3 Å². The maximum Gasteiger partial charge on any atom is 2.00 e. The van der Waals surface area contributed by atoms with Gasteiger partial charge in [0.25, 0.3) is 0 Å². The number of rotatable bonds is 4. The van der Waals surface area contributed by atoms with Crippen LogP contribution in [-0.2, 0) is 19.5 Å². The summed E-state index contributed by atoms with van der Waals surface area (Å²) in [5.41, 5.74) is 14.8. The van der Waals surface area contributed by atoms with E-state index in [1.165, 1.54) is 0 Å². The van der Waals surface area contributed by atoms with Crippen LogP contribution in [0, 0.1) is 0 Å². The van der Waals surface area contributed by atoms with E-state index in [0.29, 0.717) is 0 Å². The van der Waals surface area contributed by atoms with Gasteiger partial charge >= 0.3 is 19.5 Å². The molecule has 0 amide bonds. The van der Waals surface area contributed by atoms with Crippen molar-refractivity contribution in [3.05, 3.63) is 165 Å². The summed E-state index contributed by atoms with van der Waals surface area (Å²) in [5.74, 6) is 0. The molecule has 4 aromatic carbocycles. The largest absolute Gasteiger partial charge is 2.00 e. The molecule has 0 radical (unpaired) electrons. The van der Waals surface area contributed by atoms with E-state index in [1.807, 2.05) is 12.1 Å². The molecule has 2 aliphatic heterocycles. The molecule has 7 aromatic rings. The first kappa shape index (κ1) is 33.2. The summed E-state index contributed by atoms with van der Waals surface area (Å²) in [5, 5.41) is 0. The van der Waals surface area contributed by atoms with Gasteiger partial charge in [0, 0.05) is 8.95 Å². The van der Waals surface area contributed by atoms with E-state index in [-0.39, 0.29) is 19.5 Å². The van der Waals surface area contributed by atoms with Crippen molar-refractivity contribution >= 4 is 78.2 Å². The van der Waals surface area contributed by atoms with Crippen LogP contribution in [0.4, 0.5) is 0 Å². The molecule has 9 rings (SSSR count). The topological polar surface area (TPSA) is 54.0 Å². The number of halogens is 2. The summed E-state index contributed by atoms with van der Waals surface area (Å²) in [4.78, 5) is 21.3. The van der Waals surface area contributed by atoms with Crippen molar-refractivity contribution in [2.45, 2.75) is 0 Å².